The van der Waals surface area contributed by atoms with Gasteiger partial charge in [0.25, 0.3) is 0 Å². The minimum atomic E-state index is -0.950. The van der Waals surface area contributed by atoms with Gasteiger partial charge in [0.15, 0.2) is 0 Å². The van der Waals surface area contributed by atoms with Crippen LogP contribution < -0.4 is 5.32 Å². The number of rotatable bonds is 2. The molecule has 0 amide bonds. The Morgan fingerprint density at radius 1 is 1.75 bits per heavy atom. The van der Waals surface area contributed by atoms with Crippen molar-refractivity contribution < 1.29 is 14.6 Å². The number of esters is 1. The van der Waals surface area contributed by atoms with E-state index >= 15 is 0 Å². The van der Waals surface area contributed by atoms with Crippen molar-refractivity contribution in [3.05, 3.63) is 23.0 Å². The molecule has 1 aliphatic heterocycles. The highest BCUT2D eigenvalue weighted by Crippen LogP contribution is 2.37. The van der Waals surface area contributed by atoms with Crippen LogP contribution >= 0.6 is 11.5 Å². The fourth-order valence-corrected chi connectivity index (χ4v) is 2.36. The molecule has 1 aliphatic rings. The van der Waals surface area contributed by atoms with Gasteiger partial charge in [0.05, 0.1) is 17.9 Å². The Kier molecular flexibility index (Phi) is 2.93. The van der Waals surface area contributed by atoms with Gasteiger partial charge < -0.3 is 15.2 Å². The number of aromatic nitrogens is 1. The Balaban J connectivity index is 2.30. The molecule has 16 heavy (non-hydrogen) atoms. The number of fused-ring (bicyclic) bond motifs is 1. The summed E-state index contributed by atoms with van der Waals surface area (Å²) in [4.78, 5) is 11.5. The molecule has 5 nitrogen and oxygen atoms in total. The van der Waals surface area contributed by atoms with Gasteiger partial charge in [0.1, 0.15) is 11.1 Å². The van der Waals surface area contributed by atoms with Crippen LogP contribution in [-0.4, -0.2) is 22.1 Å². The minimum absolute atomic E-state index is 0.220. The highest BCUT2D eigenvalue weighted by Gasteiger charge is 2.30. The van der Waals surface area contributed by atoms with Crippen LogP contribution in [-0.2, 0) is 9.53 Å². The number of carbonyl (C=O) groups is 1. The molecule has 0 aromatic carbocycles. The predicted octanol–water partition coefficient (Wildman–Crippen LogP) is 1.36. The van der Waals surface area contributed by atoms with E-state index in [9.17, 15) is 9.90 Å². The summed E-state index contributed by atoms with van der Waals surface area (Å²) in [6.07, 6.45) is 0.525. The summed E-state index contributed by atoms with van der Waals surface area (Å²) >= 11 is 1.27. The van der Waals surface area contributed by atoms with Crippen molar-refractivity contribution in [3.8, 4) is 0 Å². The lowest BCUT2D eigenvalue weighted by atomic mass is 10.0. The summed E-state index contributed by atoms with van der Waals surface area (Å²) in [6, 6.07) is 0. The van der Waals surface area contributed by atoms with Crippen LogP contribution in [0.15, 0.2) is 11.8 Å². The SMILES string of the molecule is CCOC(=O)C1=CNc2snc(C)c2C1O. The molecule has 0 radical (unpaired) electrons. The van der Waals surface area contributed by atoms with Crippen LogP contribution in [0.2, 0.25) is 0 Å². The molecule has 1 aromatic heterocycles. The van der Waals surface area contributed by atoms with E-state index in [1.165, 1.54) is 17.7 Å². The summed E-state index contributed by atoms with van der Waals surface area (Å²) in [5, 5.41) is 13.8. The lowest BCUT2D eigenvalue weighted by Crippen LogP contribution is -2.19. The summed E-state index contributed by atoms with van der Waals surface area (Å²) in [6.45, 7) is 3.81. The van der Waals surface area contributed by atoms with Gasteiger partial charge in [0.2, 0.25) is 0 Å². The second-order valence-corrected chi connectivity index (χ2v) is 4.15. The molecule has 0 saturated heterocycles. The molecule has 0 saturated carbocycles. The Bertz CT molecular complexity index is 453. The van der Waals surface area contributed by atoms with Crippen molar-refractivity contribution in [2.24, 2.45) is 0 Å². The number of aryl methyl sites for hydroxylation is 1. The van der Waals surface area contributed by atoms with E-state index in [-0.39, 0.29) is 12.2 Å². The molecule has 2 rings (SSSR count). The van der Waals surface area contributed by atoms with Crippen LogP contribution in [0.1, 0.15) is 24.3 Å². The number of aliphatic hydroxyl groups is 1. The molecule has 86 valence electrons. The van der Waals surface area contributed by atoms with Gasteiger partial charge in [-0.05, 0) is 25.4 Å². The first-order chi connectivity index (χ1) is 7.65. The van der Waals surface area contributed by atoms with Gasteiger partial charge in [-0.1, -0.05) is 0 Å². The third-order valence-electron chi connectivity index (χ3n) is 2.35. The first-order valence-corrected chi connectivity index (χ1v) is 5.70. The number of aliphatic hydroxyl groups excluding tert-OH is 1. The van der Waals surface area contributed by atoms with E-state index in [1.54, 1.807) is 13.8 Å². The van der Waals surface area contributed by atoms with Gasteiger partial charge in [-0.15, -0.1) is 0 Å². The third-order valence-corrected chi connectivity index (χ3v) is 3.23. The molecule has 0 fully saturated rings. The number of anilines is 1. The third kappa shape index (κ3) is 1.70. The lowest BCUT2D eigenvalue weighted by Gasteiger charge is -2.19. The van der Waals surface area contributed by atoms with Crippen LogP contribution in [0.5, 0.6) is 0 Å². The molecule has 0 spiro atoms. The molecular formula is C10H12N2O3S. The van der Waals surface area contributed by atoms with E-state index in [0.717, 1.165) is 10.7 Å². The van der Waals surface area contributed by atoms with Crippen molar-refractivity contribution in [2.45, 2.75) is 20.0 Å². The van der Waals surface area contributed by atoms with Crippen molar-refractivity contribution in [3.63, 3.8) is 0 Å². The van der Waals surface area contributed by atoms with Crippen LogP contribution in [0.3, 0.4) is 0 Å². The standard InChI is InChI=1S/C10H12N2O3S/c1-3-15-10(14)6-4-11-9-7(8(6)13)5(2)12-16-9/h4,8,11,13H,3H2,1-2H3. The van der Waals surface area contributed by atoms with E-state index in [2.05, 4.69) is 9.69 Å². The van der Waals surface area contributed by atoms with Crippen LogP contribution in [0.4, 0.5) is 5.00 Å². The molecule has 1 unspecified atom stereocenters. The zero-order chi connectivity index (χ0) is 11.7. The fourth-order valence-electron chi connectivity index (χ4n) is 1.57. The number of nitrogens with one attached hydrogen (secondary N) is 1. The average Bonchev–Trinajstić information content (AvgIpc) is 2.62. The fraction of sp³-hybridized carbons (Fsp3) is 0.400. The topological polar surface area (TPSA) is 71.5 Å². The van der Waals surface area contributed by atoms with Crippen molar-refractivity contribution in [1.82, 2.24) is 4.37 Å². The van der Waals surface area contributed by atoms with Gasteiger partial charge >= 0.3 is 5.97 Å². The molecule has 2 N–H and O–H groups in total. The van der Waals surface area contributed by atoms with Crippen molar-refractivity contribution in [2.75, 3.05) is 11.9 Å². The Labute approximate surface area is 96.9 Å². The summed E-state index contributed by atoms with van der Waals surface area (Å²) in [5.74, 6) is -0.501. The molecule has 1 atom stereocenters. The number of carbonyl (C=O) groups excluding carboxylic acids is 1. The van der Waals surface area contributed by atoms with Crippen molar-refractivity contribution in [1.29, 1.82) is 0 Å². The zero-order valence-corrected chi connectivity index (χ0v) is 9.80. The number of hydrogen-bond donors (Lipinski definition) is 2. The Morgan fingerprint density at radius 3 is 3.19 bits per heavy atom. The molecule has 0 aliphatic carbocycles. The van der Waals surface area contributed by atoms with Crippen molar-refractivity contribution >= 4 is 22.5 Å². The predicted molar refractivity (Wildman–Crippen MR) is 60.1 cm³/mol. The Hall–Kier alpha value is -1.40. The maximum atomic E-state index is 11.5. The van der Waals surface area contributed by atoms with Crippen LogP contribution in [0, 0.1) is 6.92 Å². The smallest absolute Gasteiger partial charge is 0.338 e. The number of nitrogens with zero attached hydrogens (tertiary/aromatic N) is 1. The monoisotopic (exact) mass is 240 g/mol. The largest absolute Gasteiger partial charge is 0.463 e. The first kappa shape index (κ1) is 11.1. The maximum absolute atomic E-state index is 11.5. The van der Waals surface area contributed by atoms with Gasteiger partial charge in [-0.2, -0.15) is 4.37 Å². The van der Waals surface area contributed by atoms with E-state index in [1.807, 2.05) is 0 Å². The highest BCUT2D eigenvalue weighted by molar-refractivity contribution is 7.10. The summed E-state index contributed by atoms with van der Waals surface area (Å²) in [7, 11) is 0. The molecule has 0 bridgehead atoms. The van der Waals surface area contributed by atoms with E-state index < -0.39 is 12.1 Å². The molecule has 1 aromatic rings. The number of ether oxygens (including phenoxy) is 1. The van der Waals surface area contributed by atoms with Gasteiger partial charge in [-0.25, -0.2) is 4.79 Å². The van der Waals surface area contributed by atoms with Crippen LogP contribution in [0.25, 0.3) is 0 Å². The van der Waals surface area contributed by atoms with E-state index in [4.69, 9.17) is 4.74 Å². The first-order valence-electron chi connectivity index (χ1n) is 4.93. The maximum Gasteiger partial charge on any atom is 0.338 e. The normalized spacial score (nSPS) is 18.4. The van der Waals surface area contributed by atoms with E-state index in [0.29, 0.717) is 5.56 Å². The average molecular weight is 240 g/mol. The highest BCUT2D eigenvalue weighted by atomic mass is 32.1. The summed E-state index contributed by atoms with van der Waals surface area (Å²) < 4.78 is 8.98. The molecule has 2 heterocycles. The molecular weight excluding hydrogens is 228 g/mol. The zero-order valence-electron chi connectivity index (χ0n) is 8.98. The Morgan fingerprint density at radius 2 is 2.50 bits per heavy atom. The number of hydrogen-bond acceptors (Lipinski definition) is 6. The van der Waals surface area contributed by atoms with Gasteiger partial charge in [0, 0.05) is 11.8 Å². The second kappa shape index (κ2) is 4.23. The molecule has 6 heteroatoms. The van der Waals surface area contributed by atoms with Gasteiger partial charge in [-0.3, -0.25) is 0 Å². The lowest BCUT2D eigenvalue weighted by molar-refractivity contribution is -0.139. The quantitative estimate of drug-likeness (QED) is 0.764. The second-order valence-electron chi connectivity index (χ2n) is 3.38. The summed E-state index contributed by atoms with van der Waals surface area (Å²) in [5.41, 5.74) is 1.61. The minimum Gasteiger partial charge on any atom is -0.463 e.